The zero-order chi connectivity index (χ0) is 23.8. The van der Waals surface area contributed by atoms with Crippen LogP contribution >= 0.6 is 11.8 Å². The number of carbonyl (C=O) groups excluding carboxylic acids is 3. The van der Waals surface area contributed by atoms with Crippen LogP contribution in [-0.2, 0) is 28.7 Å². The number of aliphatic carboxylic acids is 1. The first-order valence-corrected chi connectivity index (χ1v) is 11.9. The molecule has 0 aromatic heterocycles. The topological polar surface area (TPSA) is 131 Å². The van der Waals surface area contributed by atoms with E-state index in [1.807, 2.05) is 6.92 Å². The average molecular weight is 463 g/mol. The lowest BCUT2D eigenvalue weighted by molar-refractivity contribution is -0.138. The summed E-state index contributed by atoms with van der Waals surface area (Å²) in [7, 11) is 0. The molecule has 4 atom stereocenters. The molecule has 4 unspecified atom stereocenters. The average Bonchev–Trinajstić information content (AvgIpc) is 2.67. The summed E-state index contributed by atoms with van der Waals surface area (Å²) in [5, 5.41) is 13.8. The Morgan fingerprint density at radius 2 is 1.71 bits per heavy atom. The van der Waals surface area contributed by atoms with Crippen molar-refractivity contribution in [3.8, 4) is 0 Å². The molecule has 0 aliphatic carbocycles. The number of Topliss-reactive ketones (excluding diaryl/α,β-unsaturated/α-hetero) is 1. The van der Waals surface area contributed by atoms with E-state index >= 15 is 0 Å². The zero-order valence-electron chi connectivity index (χ0n) is 19.3. The Balaban J connectivity index is 3.97. The van der Waals surface area contributed by atoms with Crippen LogP contribution in [0.1, 0.15) is 53.4 Å². The van der Waals surface area contributed by atoms with E-state index in [2.05, 4.69) is 10.6 Å². The summed E-state index contributed by atoms with van der Waals surface area (Å²) in [6.07, 6.45) is 3.03. The van der Waals surface area contributed by atoms with E-state index in [9.17, 15) is 19.2 Å². The number of amides is 2. The van der Waals surface area contributed by atoms with Gasteiger partial charge in [-0.25, -0.2) is 0 Å². The smallest absolute Gasteiger partial charge is 0.305 e. The molecule has 10 heteroatoms. The molecule has 180 valence electrons. The van der Waals surface area contributed by atoms with Crippen molar-refractivity contribution in [3.05, 3.63) is 0 Å². The van der Waals surface area contributed by atoms with E-state index in [-0.39, 0.29) is 42.1 Å². The maximum Gasteiger partial charge on any atom is 0.305 e. The highest BCUT2D eigenvalue weighted by molar-refractivity contribution is 7.99. The maximum atomic E-state index is 12.2. The Morgan fingerprint density at radius 3 is 2.29 bits per heavy atom. The number of nitrogens with one attached hydrogen (secondary N) is 2. The zero-order valence-corrected chi connectivity index (χ0v) is 20.1. The molecule has 31 heavy (non-hydrogen) atoms. The van der Waals surface area contributed by atoms with Crippen molar-refractivity contribution in [1.82, 2.24) is 10.6 Å². The third-order valence-electron chi connectivity index (χ3n) is 4.55. The van der Waals surface area contributed by atoms with Gasteiger partial charge in [0.25, 0.3) is 0 Å². The van der Waals surface area contributed by atoms with Crippen LogP contribution in [0.4, 0.5) is 0 Å². The minimum Gasteiger partial charge on any atom is -0.481 e. The molecule has 0 spiro atoms. The summed E-state index contributed by atoms with van der Waals surface area (Å²) in [6.45, 7) is 8.72. The first-order valence-electron chi connectivity index (χ1n) is 10.6. The second kappa shape index (κ2) is 17.0. The highest BCUT2D eigenvalue weighted by Crippen LogP contribution is 2.13. The number of ketones is 1. The lowest BCUT2D eigenvalue weighted by Crippen LogP contribution is -2.42. The molecule has 3 N–H and O–H groups in total. The van der Waals surface area contributed by atoms with E-state index in [0.29, 0.717) is 45.6 Å². The number of rotatable bonds is 18. The van der Waals surface area contributed by atoms with Crippen LogP contribution in [0.5, 0.6) is 0 Å². The Bertz CT molecular complexity index is 574. The van der Waals surface area contributed by atoms with Crippen LogP contribution in [0.15, 0.2) is 0 Å². The van der Waals surface area contributed by atoms with E-state index in [1.54, 1.807) is 20.1 Å². The molecular formula is C21H38N2O7S. The second-order valence-corrected chi connectivity index (χ2v) is 8.73. The van der Waals surface area contributed by atoms with Gasteiger partial charge in [0, 0.05) is 31.5 Å². The number of thioether (sulfide) groups is 1. The molecule has 0 aliphatic heterocycles. The number of ether oxygens (including phenoxy) is 2. The lowest BCUT2D eigenvalue weighted by Gasteiger charge is -2.21. The van der Waals surface area contributed by atoms with Gasteiger partial charge in [-0.1, -0.05) is 6.92 Å². The minimum absolute atomic E-state index is 0.00636. The van der Waals surface area contributed by atoms with E-state index in [0.717, 1.165) is 0 Å². The predicted octanol–water partition coefficient (Wildman–Crippen LogP) is 1.63. The normalized spacial score (nSPS) is 14.9. The Morgan fingerprint density at radius 1 is 1.03 bits per heavy atom. The van der Waals surface area contributed by atoms with E-state index in [4.69, 9.17) is 14.6 Å². The Hall–Kier alpha value is -1.65. The monoisotopic (exact) mass is 462 g/mol. The highest BCUT2D eigenvalue weighted by atomic mass is 32.2. The van der Waals surface area contributed by atoms with E-state index in [1.165, 1.54) is 18.7 Å². The van der Waals surface area contributed by atoms with Crippen molar-refractivity contribution in [3.63, 3.8) is 0 Å². The third-order valence-corrected chi connectivity index (χ3v) is 5.50. The molecule has 0 saturated carbocycles. The third kappa shape index (κ3) is 15.8. The van der Waals surface area contributed by atoms with Crippen LogP contribution < -0.4 is 10.6 Å². The molecule has 2 amide bonds. The van der Waals surface area contributed by atoms with Gasteiger partial charge < -0.3 is 25.2 Å². The molecule has 9 nitrogen and oxygen atoms in total. The summed E-state index contributed by atoms with van der Waals surface area (Å²) in [6, 6.07) is -0.252. The fraction of sp³-hybridized carbons (Fsp3) is 0.810. The quantitative estimate of drug-likeness (QED) is 0.262. The van der Waals surface area contributed by atoms with Gasteiger partial charge in [0.15, 0.2) is 0 Å². The van der Waals surface area contributed by atoms with Gasteiger partial charge in [-0.15, -0.1) is 0 Å². The number of hydrogen-bond donors (Lipinski definition) is 3. The van der Waals surface area contributed by atoms with Crippen molar-refractivity contribution in [2.45, 2.75) is 70.8 Å². The van der Waals surface area contributed by atoms with Gasteiger partial charge in [0.1, 0.15) is 5.78 Å². The highest BCUT2D eigenvalue weighted by Gasteiger charge is 2.23. The number of carboxylic acid groups (broad SMARTS) is 1. The van der Waals surface area contributed by atoms with Gasteiger partial charge in [-0.2, -0.15) is 11.8 Å². The van der Waals surface area contributed by atoms with Crippen LogP contribution in [0.2, 0.25) is 0 Å². The summed E-state index contributed by atoms with van der Waals surface area (Å²) in [5.41, 5.74) is 0. The van der Waals surface area contributed by atoms with Gasteiger partial charge in [-0.3, -0.25) is 19.2 Å². The van der Waals surface area contributed by atoms with Crippen molar-refractivity contribution >= 4 is 35.3 Å². The Labute approximate surface area is 189 Å². The molecule has 0 fully saturated rings. The molecule has 0 aliphatic rings. The molecule has 0 heterocycles. The van der Waals surface area contributed by atoms with Crippen molar-refractivity contribution in [1.29, 1.82) is 0 Å². The fourth-order valence-electron chi connectivity index (χ4n) is 2.73. The van der Waals surface area contributed by atoms with Gasteiger partial charge >= 0.3 is 5.97 Å². The first-order chi connectivity index (χ1) is 14.6. The van der Waals surface area contributed by atoms with Crippen LogP contribution in [0, 0.1) is 5.92 Å². The summed E-state index contributed by atoms with van der Waals surface area (Å²) < 4.78 is 11.0. The SMILES string of the molecule is CSC(CC(=O)O)C(=O)NC(C)CC(C)C(=O)NCCOCCC(C)OCCC(C)=O. The largest absolute Gasteiger partial charge is 0.481 e. The van der Waals surface area contributed by atoms with Crippen LogP contribution in [-0.4, -0.2) is 78.7 Å². The molecular weight excluding hydrogens is 424 g/mol. The van der Waals surface area contributed by atoms with Gasteiger partial charge in [-0.05, 0) is 39.9 Å². The minimum atomic E-state index is -1.02. The fourth-order valence-corrected chi connectivity index (χ4v) is 3.32. The molecule has 0 radical (unpaired) electrons. The van der Waals surface area contributed by atoms with Crippen LogP contribution in [0.25, 0.3) is 0 Å². The van der Waals surface area contributed by atoms with Crippen LogP contribution in [0.3, 0.4) is 0 Å². The second-order valence-electron chi connectivity index (χ2n) is 7.69. The summed E-state index contributed by atoms with van der Waals surface area (Å²) in [4.78, 5) is 46.0. The maximum absolute atomic E-state index is 12.2. The summed E-state index contributed by atoms with van der Waals surface area (Å²) in [5.74, 6) is -1.68. The van der Waals surface area contributed by atoms with Crippen molar-refractivity contribution < 1.29 is 33.8 Å². The predicted molar refractivity (Wildman–Crippen MR) is 120 cm³/mol. The lowest BCUT2D eigenvalue weighted by atomic mass is 10.0. The molecule has 0 aromatic rings. The number of carbonyl (C=O) groups is 4. The summed E-state index contributed by atoms with van der Waals surface area (Å²) >= 11 is 1.19. The first kappa shape index (κ1) is 29.4. The Kier molecular flexibility index (Phi) is 16.1. The molecule has 0 aromatic carbocycles. The van der Waals surface area contributed by atoms with Gasteiger partial charge in [0.05, 0.1) is 31.0 Å². The standard InChI is InChI=1S/C21H38N2O7S/c1-14(12-15(2)23-21(28)18(31-5)13-19(25)26)20(27)22-8-11-29-9-7-17(4)30-10-6-16(3)24/h14-15,17-18H,6-13H2,1-5H3,(H,22,27)(H,23,28)(H,25,26). The molecule has 0 saturated heterocycles. The van der Waals surface area contributed by atoms with Gasteiger partial charge in [0.2, 0.25) is 11.8 Å². The van der Waals surface area contributed by atoms with Crippen molar-refractivity contribution in [2.75, 3.05) is 32.6 Å². The number of hydrogen-bond acceptors (Lipinski definition) is 7. The number of carboxylic acids is 1. The molecule has 0 rings (SSSR count). The van der Waals surface area contributed by atoms with Crippen molar-refractivity contribution in [2.24, 2.45) is 5.92 Å². The molecule has 0 bridgehead atoms. The van der Waals surface area contributed by atoms with E-state index < -0.39 is 11.2 Å².